The van der Waals surface area contributed by atoms with Gasteiger partial charge in [0.25, 0.3) is 5.91 Å². The van der Waals surface area contributed by atoms with Crippen LogP contribution in [0.15, 0.2) is 23.1 Å². The van der Waals surface area contributed by atoms with Crippen molar-refractivity contribution in [3.05, 3.63) is 45.5 Å². The van der Waals surface area contributed by atoms with E-state index in [1.807, 2.05) is 0 Å². The molecular formula is C17H16F6N4O2. The van der Waals surface area contributed by atoms with Crippen molar-refractivity contribution in [3.63, 3.8) is 0 Å². The summed E-state index contributed by atoms with van der Waals surface area (Å²) in [7, 11) is 0. The molecule has 1 amide bonds. The van der Waals surface area contributed by atoms with E-state index in [-0.39, 0.29) is 43.0 Å². The average Bonchev–Trinajstić information content (AvgIpc) is 3.00. The van der Waals surface area contributed by atoms with Crippen LogP contribution in [-0.2, 0) is 6.18 Å². The zero-order valence-corrected chi connectivity index (χ0v) is 15.1. The van der Waals surface area contributed by atoms with E-state index in [0.29, 0.717) is 12.1 Å². The first-order valence-electron chi connectivity index (χ1n) is 8.60. The smallest absolute Gasteiger partial charge is 0.339 e. The van der Waals surface area contributed by atoms with Gasteiger partial charge in [-0.25, -0.2) is 4.68 Å². The first kappa shape index (κ1) is 20.9. The van der Waals surface area contributed by atoms with Crippen molar-refractivity contribution < 1.29 is 31.1 Å². The van der Waals surface area contributed by atoms with Crippen LogP contribution in [-0.4, -0.2) is 44.8 Å². The number of carbonyl (C=O) groups excluding carboxylic acids is 1. The van der Waals surface area contributed by atoms with Gasteiger partial charge in [0.2, 0.25) is 5.56 Å². The Kier molecular flexibility index (Phi) is 5.22. The number of carbonyl (C=O) groups is 1. The van der Waals surface area contributed by atoms with Crippen molar-refractivity contribution in [2.75, 3.05) is 13.1 Å². The van der Waals surface area contributed by atoms with E-state index in [1.54, 1.807) is 0 Å². The summed E-state index contributed by atoms with van der Waals surface area (Å²) in [4.78, 5) is 27.7. The first-order valence-corrected chi connectivity index (χ1v) is 8.60. The number of pyridine rings is 1. The topological polar surface area (TPSA) is 71.0 Å². The van der Waals surface area contributed by atoms with E-state index in [4.69, 9.17) is 0 Å². The number of alkyl halides is 6. The maximum absolute atomic E-state index is 12.9. The molecule has 0 saturated carbocycles. The van der Waals surface area contributed by atoms with E-state index in [1.165, 1.54) is 11.8 Å². The highest BCUT2D eigenvalue weighted by Gasteiger charge is 2.42. The Balaban J connectivity index is 1.85. The van der Waals surface area contributed by atoms with E-state index in [9.17, 15) is 35.9 Å². The summed E-state index contributed by atoms with van der Waals surface area (Å²) < 4.78 is 78.1. The number of likely N-dealkylation sites (tertiary alicyclic amines) is 1. The number of aromatic amines is 1. The fraction of sp³-hybridized carbons (Fsp3) is 0.471. The highest BCUT2D eigenvalue weighted by Crippen LogP contribution is 2.34. The fourth-order valence-corrected chi connectivity index (χ4v) is 3.25. The lowest BCUT2D eigenvalue weighted by Crippen LogP contribution is -2.42. The summed E-state index contributed by atoms with van der Waals surface area (Å²) in [5, 5.41) is 3.87. The Morgan fingerprint density at radius 1 is 1.14 bits per heavy atom. The summed E-state index contributed by atoms with van der Waals surface area (Å²) in [6.07, 6.45) is -8.38. The zero-order chi connectivity index (χ0) is 21.6. The van der Waals surface area contributed by atoms with Crippen LogP contribution in [0, 0.1) is 12.8 Å². The molecule has 3 heterocycles. The maximum atomic E-state index is 12.9. The van der Waals surface area contributed by atoms with Crippen LogP contribution in [0.2, 0.25) is 0 Å². The second-order valence-electron chi connectivity index (χ2n) is 6.78. The van der Waals surface area contributed by atoms with Crippen LogP contribution >= 0.6 is 0 Å². The highest BCUT2D eigenvalue weighted by molar-refractivity contribution is 5.95. The molecule has 0 aromatic carbocycles. The SMILES string of the molecule is Cc1c(C(=O)N2CCC(C(F)(F)F)CC2)cnn1-c1cc(C(F)(F)F)cc(=O)[nH]1. The van der Waals surface area contributed by atoms with Crippen LogP contribution in [0.4, 0.5) is 26.3 Å². The molecular weight excluding hydrogens is 406 g/mol. The number of nitrogens with one attached hydrogen (secondary N) is 1. The van der Waals surface area contributed by atoms with E-state index in [2.05, 4.69) is 10.1 Å². The van der Waals surface area contributed by atoms with Crippen molar-refractivity contribution in [1.82, 2.24) is 19.7 Å². The van der Waals surface area contributed by atoms with Gasteiger partial charge in [0.15, 0.2) is 0 Å². The lowest BCUT2D eigenvalue weighted by atomic mass is 9.96. The summed E-state index contributed by atoms with van der Waals surface area (Å²) >= 11 is 0. The molecule has 0 spiro atoms. The van der Waals surface area contributed by atoms with Gasteiger partial charge < -0.3 is 9.88 Å². The minimum atomic E-state index is -4.74. The van der Waals surface area contributed by atoms with E-state index < -0.39 is 35.3 Å². The molecule has 0 radical (unpaired) electrons. The van der Waals surface area contributed by atoms with Crippen LogP contribution in [0.1, 0.15) is 34.5 Å². The van der Waals surface area contributed by atoms with Crippen LogP contribution in [0.25, 0.3) is 5.82 Å². The molecule has 29 heavy (non-hydrogen) atoms. The van der Waals surface area contributed by atoms with Gasteiger partial charge in [-0.2, -0.15) is 31.4 Å². The average molecular weight is 422 g/mol. The molecule has 2 aromatic rings. The Labute approximate surface area is 160 Å². The number of halogens is 6. The summed E-state index contributed by atoms with van der Waals surface area (Å²) in [6, 6.07) is 1.09. The van der Waals surface area contributed by atoms with Crippen molar-refractivity contribution in [2.45, 2.75) is 32.1 Å². The molecule has 1 saturated heterocycles. The molecule has 0 aliphatic carbocycles. The number of H-pyrrole nitrogens is 1. The van der Waals surface area contributed by atoms with Gasteiger partial charge in [-0.1, -0.05) is 0 Å². The monoisotopic (exact) mass is 422 g/mol. The molecule has 6 nitrogen and oxygen atoms in total. The Bertz CT molecular complexity index is 968. The number of hydrogen-bond donors (Lipinski definition) is 1. The van der Waals surface area contributed by atoms with Crippen LogP contribution < -0.4 is 5.56 Å². The third kappa shape index (κ3) is 4.30. The van der Waals surface area contributed by atoms with Crippen molar-refractivity contribution in [2.24, 2.45) is 5.92 Å². The lowest BCUT2D eigenvalue weighted by molar-refractivity contribution is -0.183. The molecule has 1 aliphatic heterocycles. The fourth-order valence-electron chi connectivity index (χ4n) is 3.25. The predicted octanol–water partition coefficient (Wildman–Crippen LogP) is 3.30. The van der Waals surface area contributed by atoms with Gasteiger partial charge in [0.1, 0.15) is 5.82 Å². The molecule has 0 unspecified atom stereocenters. The van der Waals surface area contributed by atoms with Crippen LogP contribution in [0.3, 0.4) is 0 Å². The summed E-state index contributed by atoms with van der Waals surface area (Å²) in [6.45, 7) is 1.24. The molecule has 12 heteroatoms. The Morgan fingerprint density at radius 3 is 2.31 bits per heavy atom. The third-order valence-corrected chi connectivity index (χ3v) is 4.87. The predicted molar refractivity (Wildman–Crippen MR) is 88.6 cm³/mol. The van der Waals surface area contributed by atoms with Gasteiger partial charge in [0.05, 0.1) is 28.9 Å². The normalized spacial score (nSPS) is 16.3. The quantitative estimate of drug-likeness (QED) is 0.755. The van der Waals surface area contributed by atoms with Crippen molar-refractivity contribution >= 4 is 5.91 Å². The molecule has 0 atom stereocenters. The minimum absolute atomic E-state index is 0.0359. The highest BCUT2D eigenvalue weighted by atomic mass is 19.4. The zero-order valence-electron chi connectivity index (χ0n) is 15.1. The number of aromatic nitrogens is 3. The Morgan fingerprint density at radius 2 is 1.76 bits per heavy atom. The van der Waals surface area contributed by atoms with Gasteiger partial charge >= 0.3 is 12.4 Å². The maximum Gasteiger partial charge on any atom is 0.416 e. The second kappa shape index (κ2) is 7.23. The van der Waals surface area contributed by atoms with Crippen molar-refractivity contribution in [1.29, 1.82) is 0 Å². The number of hydrogen-bond acceptors (Lipinski definition) is 3. The molecule has 1 fully saturated rings. The third-order valence-electron chi connectivity index (χ3n) is 4.87. The Hall–Kier alpha value is -2.79. The number of piperidine rings is 1. The van der Waals surface area contributed by atoms with Gasteiger partial charge in [-0.15, -0.1) is 0 Å². The van der Waals surface area contributed by atoms with E-state index in [0.717, 1.165) is 10.9 Å². The molecule has 158 valence electrons. The molecule has 3 rings (SSSR count). The first-order chi connectivity index (χ1) is 13.4. The molecule has 1 aliphatic rings. The second-order valence-corrected chi connectivity index (χ2v) is 6.78. The lowest BCUT2D eigenvalue weighted by Gasteiger charge is -2.32. The molecule has 2 aromatic heterocycles. The van der Waals surface area contributed by atoms with Gasteiger partial charge in [-0.3, -0.25) is 9.59 Å². The number of rotatable bonds is 2. The van der Waals surface area contributed by atoms with Gasteiger partial charge in [-0.05, 0) is 25.8 Å². The number of nitrogens with zero attached hydrogens (tertiary/aromatic N) is 3. The minimum Gasteiger partial charge on any atom is -0.339 e. The summed E-state index contributed by atoms with van der Waals surface area (Å²) in [5.74, 6) is -2.31. The summed E-state index contributed by atoms with van der Waals surface area (Å²) in [5.41, 5.74) is -1.98. The molecule has 0 bridgehead atoms. The standard InChI is InChI=1S/C17H16F6N4O2/c1-9-12(15(29)26-4-2-10(3-5-26)16(18,19)20)8-24-27(9)13-6-11(17(21,22)23)7-14(28)25-13/h6-8,10H,2-5H2,1H3,(H,25,28). The van der Waals surface area contributed by atoms with E-state index >= 15 is 0 Å². The largest absolute Gasteiger partial charge is 0.416 e. The van der Waals surface area contributed by atoms with Crippen LogP contribution in [0.5, 0.6) is 0 Å². The van der Waals surface area contributed by atoms with Gasteiger partial charge in [0, 0.05) is 19.2 Å². The van der Waals surface area contributed by atoms with Crippen molar-refractivity contribution in [3.8, 4) is 5.82 Å². The molecule has 1 N–H and O–H groups in total. The number of amides is 1.